The van der Waals surface area contributed by atoms with Crippen LogP contribution in [0.4, 0.5) is 0 Å². The first kappa shape index (κ1) is 14.9. The second-order valence-corrected chi connectivity index (χ2v) is 6.24. The van der Waals surface area contributed by atoms with Gasteiger partial charge in [0, 0.05) is 18.5 Å². The van der Waals surface area contributed by atoms with Crippen molar-refractivity contribution < 1.29 is 4.74 Å². The molecule has 0 aromatic carbocycles. The van der Waals surface area contributed by atoms with Crippen LogP contribution < -0.4 is 5.32 Å². The first-order chi connectivity index (χ1) is 9.33. The fraction of sp³-hybridized carbons (Fsp3) is 0.786. The van der Waals surface area contributed by atoms with E-state index in [-0.39, 0.29) is 0 Å². The average molecular weight is 283 g/mol. The molecule has 1 fully saturated rings. The van der Waals surface area contributed by atoms with Gasteiger partial charge in [0.25, 0.3) is 0 Å². The van der Waals surface area contributed by atoms with E-state index in [1.807, 2.05) is 11.3 Å². The predicted molar refractivity (Wildman–Crippen MR) is 79.3 cm³/mol. The molecule has 0 radical (unpaired) electrons. The number of aromatic nitrogens is 1. The first-order valence-electron chi connectivity index (χ1n) is 7.23. The standard InChI is InChI=1S/C14H25N3OS/c1-3-6-15-9-13-12(11-18-2)16-14(19-13)10-17-7-4-5-8-17/h15H,3-11H2,1-2H3. The maximum Gasteiger partial charge on any atom is 0.107 e. The molecule has 0 atom stereocenters. The summed E-state index contributed by atoms with van der Waals surface area (Å²) in [6.45, 7) is 8.25. The molecule has 1 aliphatic rings. The van der Waals surface area contributed by atoms with E-state index in [9.17, 15) is 0 Å². The van der Waals surface area contributed by atoms with Crippen LogP contribution in [0, 0.1) is 0 Å². The molecule has 2 heterocycles. The van der Waals surface area contributed by atoms with Crippen LogP contribution in [-0.2, 0) is 24.4 Å². The fourth-order valence-electron chi connectivity index (χ4n) is 2.40. The van der Waals surface area contributed by atoms with Crippen molar-refractivity contribution >= 4 is 11.3 Å². The number of nitrogens with zero attached hydrogens (tertiary/aromatic N) is 2. The number of ether oxygens (including phenoxy) is 1. The molecule has 19 heavy (non-hydrogen) atoms. The molecule has 108 valence electrons. The monoisotopic (exact) mass is 283 g/mol. The lowest BCUT2D eigenvalue weighted by atomic mass is 10.3. The SMILES string of the molecule is CCCNCc1sc(CN2CCCC2)nc1COC. The van der Waals surface area contributed by atoms with Crippen molar-refractivity contribution in [1.29, 1.82) is 0 Å². The van der Waals surface area contributed by atoms with Gasteiger partial charge in [-0.25, -0.2) is 4.98 Å². The molecule has 1 aliphatic heterocycles. The summed E-state index contributed by atoms with van der Waals surface area (Å²) < 4.78 is 5.26. The smallest absolute Gasteiger partial charge is 0.107 e. The molecule has 2 rings (SSSR count). The summed E-state index contributed by atoms with van der Waals surface area (Å²) in [5.41, 5.74) is 1.12. The van der Waals surface area contributed by atoms with E-state index in [2.05, 4.69) is 17.1 Å². The highest BCUT2D eigenvalue weighted by atomic mass is 32.1. The Bertz CT molecular complexity index is 375. The fourth-order valence-corrected chi connectivity index (χ4v) is 3.49. The van der Waals surface area contributed by atoms with E-state index in [1.54, 1.807) is 7.11 Å². The number of methoxy groups -OCH3 is 1. The van der Waals surface area contributed by atoms with Gasteiger partial charge in [-0.1, -0.05) is 6.92 Å². The Morgan fingerprint density at radius 3 is 2.84 bits per heavy atom. The Kier molecular flexibility index (Phi) is 6.23. The summed E-state index contributed by atoms with van der Waals surface area (Å²) in [7, 11) is 1.74. The maximum atomic E-state index is 5.26. The van der Waals surface area contributed by atoms with Crippen molar-refractivity contribution in [3.8, 4) is 0 Å². The van der Waals surface area contributed by atoms with E-state index in [0.717, 1.165) is 25.3 Å². The molecule has 1 saturated heterocycles. The molecular formula is C14H25N3OS. The van der Waals surface area contributed by atoms with Crippen molar-refractivity contribution in [3.05, 3.63) is 15.6 Å². The Hall–Kier alpha value is -0.490. The van der Waals surface area contributed by atoms with Crippen LogP contribution in [-0.4, -0.2) is 36.6 Å². The molecule has 4 nitrogen and oxygen atoms in total. The van der Waals surface area contributed by atoms with Crippen LogP contribution in [0.15, 0.2) is 0 Å². The minimum atomic E-state index is 0.625. The lowest BCUT2D eigenvalue weighted by Crippen LogP contribution is -2.18. The Balaban J connectivity index is 1.96. The molecule has 1 aromatic heterocycles. The van der Waals surface area contributed by atoms with Crippen LogP contribution in [0.5, 0.6) is 0 Å². The van der Waals surface area contributed by atoms with Crippen LogP contribution in [0.3, 0.4) is 0 Å². The highest BCUT2D eigenvalue weighted by Crippen LogP contribution is 2.22. The number of hydrogen-bond acceptors (Lipinski definition) is 5. The third-order valence-electron chi connectivity index (χ3n) is 3.37. The summed E-state index contributed by atoms with van der Waals surface area (Å²) in [6, 6.07) is 0. The van der Waals surface area contributed by atoms with Gasteiger partial charge in [-0.2, -0.15) is 0 Å². The van der Waals surface area contributed by atoms with Crippen molar-refractivity contribution in [2.75, 3.05) is 26.7 Å². The van der Waals surface area contributed by atoms with Crippen molar-refractivity contribution in [2.45, 2.75) is 45.9 Å². The zero-order chi connectivity index (χ0) is 13.5. The van der Waals surface area contributed by atoms with Gasteiger partial charge in [0.05, 0.1) is 18.8 Å². The number of hydrogen-bond donors (Lipinski definition) is 1. The lowest BCUT2D eigenvalue weighted by molar-refractivity contribution is 0.181. The summed E-state index contributed by atoms with van der Waals surface area (Å²) in [5, 5.41) is 4.70. The second kappa shape index (κ2) is 7.94. The van der Waals surface area contributed by atoms with E-state index in [4.69, 9.17) is 9.72 Å². The summed E-state index contributed by atoms with van der Waals surface area (Å²) >= 11 is 1.84. The van der Waals surface area contributed by atoms with Crippen LogP contribution in [0.25, 0.3) is 0 Å². The van der Waals surface area contributed by atoms with Gasteiger partial charge < -0.3 is 10.1 Å². The quantitative estimate of drug-likeness (QED) is 0.743. The molecule has 0 unspecified atom stereocenters. The minimum absolute atomic E-state index is 0.625. The van der Waals surface area contributed by atoms with Gasteiger partial charge in [-0.05, 0) is 38.9 Å². The Morgan fingerprint density at radius 2 is 2.16 bits per heavy atom. The van der Waals surface area contributed by atoms with Gasteiger partial charge in [0.2, 0.25) is 0 Å². The highest BCUT2D eigenvalue weighted by Gasteiger charge is 2.16. The van der Waals surface area contributed by atoms with Gasteiger partial charge in [0.15, 0.2) is 0 Å². The molecular weight excluding hydrogens is 258 g/mol. The summed E-state index contributed by atoms with van der Waals surface area (Å²) in [6.07, 6.45) is 3.83. The van der Waals surface area contributed by atoms with Crippen LogP contribution in [0.2, 0.25) is 0 Å². The summed E-state index contributed by atoms with van der Waals surface area (Å²) in [5.74, 6) is 0. The van der Waals surface area contributed by atoms with Crippen LogP contribution >= 0.6 is 11.3 Å². The van der Waals surface area contributed by atoms with Gasteiger partial charge in [-0.15, -0.1) is 11.3 Å². The lowest BCUT2D eigenvalue weighted by Gasteiger charge is -2.11. The topological polar surface area (TPSA) is 37.4 Å². The van der Waals surface area contributed by atoms with Gasteiger partial charge >= 0.3 is 0 Å². The maximum absolute atomic E-state index is 5.26. The minimum Gasteiger partial charge on any atom is -0.378 e. The van der Waals surface area contributed by atoms with E-state index in [0.29, 0.717) is 6.61 Å². The third-order valence-corrected chi connectivity index (χ3v) is 4.46. The van der Waals surface area contributed by atoms with Crippen molar-refractivity contribution in [2.24, 2.45) is 0 Å². The number of rotatable bonds is 8. The third kappa shape index (κ3) is 4.53. The van der Waals surface area contributed by atoms with Gasteiger partial charge in [-0.3, -0.25) is 4.90 Å². The average Bonchev–Trinajstić information content (AvgIpc) is 3.02. The number of thiazole rings is 1. The molecule has 0 spiro atoms. The second-order valence-electron chi connectivity index (χ2n) is 5.07. The molecule has 1 N–H and O–H groups in total. The molecule has 0 amide bonds. The first-order valence-corrected chi connectivity index (χ1v) is 8.04. The number of likely N-dealkylation sites (tertiary alicyclic amines) is 1. The molecule has 0 aliphatic carbocycles. The Morgan fingerprint density at radius 1 is 1.37 bits per heavy atom. The largest absolute Gasteiger partial charge is 0.378 e. The highest BCUT2D eigenvalue weighted by molar-refractivity contribution is 7.11. The predicted octanol–water partition coefficient (Wildman–Crippen LogP) is 2.38. The molecule has 0 saturated carbocycles. The molecule has 1 aromatic rings. The van der Waals surface area contributed by atoms with Crippen LogP contribution in [0.1, 0.15) is 41.8 Å². The number of nitrogens with one attached hydrogen (secondary N) is 1. The van der Waals surface area contributed by atoms with Crippen molar-refractivity contribution in [1.82, 2.24) is 15.2 Å². The normalized spacial score (nSPS) is 16.3. The van der Waals surface area contributed by atoms with E-state index < -0.39 is 0 Å². The van der Waals surface area contributed by atoms with Crippen molar-refractivity contribution in [3.63, 3.8) is 0 Å². The Labute approximate surface area is 120 Å². The van der Waals surface area contributed by atoms with Gasteiger partial charge in [0.1, 0.15) is 5.01 Å². The zero-order valence-corrected chi connectivity index (χ0v) is 12.9. The van der Waals surface area contributed by atoms with E-state index in [1.165, 1.54) is 42.2 Å². The molecule has 5 heteroatoms. The van der Waals surface area contributed by atoms with E-state index >= 15 is 0 Å². The summed E-state index contributed by atoms with van der Waals surface area (Å²) in [4.78, 5) is 8.59. The zero-order valence-electron chi connectivity index (χ0n) is 12.1. The molecule has 0 bridgehead atoms.